The number of sulfone groups is 1. The van der Waals surface area contributed by atoms with Gasteiger partial charge in [0, 0.05) is 38.2 Å². The van der Waals surface area contributed by atoms with Crippen LogP contribution in [-0.2, 0) is 21.2 Å². The first-order valence-corrected chi connectivity index (χ1v) is 10.6. The van der Waals surface area contributed by atoms with Crippen LogP contribution in [0.15, 0.2) is 29.3 Å². The Morgan fingerprint density at radius 3 is 2.66 bits per heavy atom. The van der Waals surface area contributed by atoms with E-state index in [4.69, 9.17) is 0 Å². The first-order valence-electron chi connectivity index (χ1n) is 8.76. The molecule has 1 aromatic carbocycles. The van der Waals surface area contributed by atoms with Crippen molar-refractivity contribution in [1.29, 1.82) is 0 Å². The van der Waals surface area contributed by atoms with Crippen LogP contribution >= 0.6 is 24.0 Å². The first-order chi connectivity index (χ1) is 13.3. The Morgan fingerprint density at radius 1 is 1.31 bits per heavy atom. The maximum Gasteiger partial charge on any atom is 0.387 e. The van der Waals surface area contributed by atoms with Crippen LogP contribution in [0, 0.1) is 0 Å². The largest absolute Gasteiger partial charge is 0.434 e. The molecule has 0 saturated carbocycles. The minimum atomic E-state index is -3.04. The number of ether oxygens (including phenoxy) is 1. The summed E-state index contributed by atoms with van der Waals surface area (Å²) in [7, 11) is -1.50. The highest BCUT2D eigenvalue weighted by molar-refractivity contribution is 14.0. The highest BCUT2D eigenvalue weighted by Gasteiger charge is 2.28. The number of nitrogens with zero attached hydrogens (tertiary/aromatic N) is 1. The molecule has 0 radical (unpaired) electrons. The molecule has 0 aliphatic carbocycles. The third-order valence-corrected chi connectivity index (χ3v) is 5.87. The van der Waals surface area contributed by atoms with E-state index in [0.717, 1.165) is 0 Å². The van der Waals surface area contributed by atoms with Gasteiger partial charge in [-0.25, -0.2) is 8.42 Å². The molecule has 0 aromatic heterocycles. The van der Waals surface area contributed by atoms with Gasteiger partial charge >= 0.3 is 6.61 Å². The average Bonchev–Trinajstić information content (AvgIpc) is 2.97. The number of aliphatic imine (C=N–C) groups is 1. The monoisotopic (exact) mass is 546 g/mol. The van der Waals surface area contributed by atoms with Gasteiger partial charge in [-0.15, -0.1) is 24.0 Å². The molecule has 1 saturated heterocycles. The number of alkyl halides is 2. The summed E-state index contributed by atoms with van der Waals surface area (Å²) in [5.74, 6) is 0.300. The van der Waals surface area contributed by atoms with Crippen molar-refractivity contribution in [3.63, 3.8) is 0 Å². The lowest BCUT2D eigenvalue weighted by molar-refractivity contribution is -0.121. The zero-order valence-electron chi connectivity index (χ0n) is 15.9. The number of rotatable bonds is 8. The predicted molar refractivity (Wildman–Crippen MR) is 117 cm³/mol. The Labute approximate surface area is 185 Å². The molecule has 1 aliphatic rings. The number of hydrogen-bond donors (Lipinski definition) is 3. The third-order valence-electron chi connectivity index (χ3n) is 4.10. The fraction of sp³-hybridized carbons (Fsp3) is 0.529. The van der Waals surface area contributed by atoms with Gasteiger partial charge in [-0.3, -0.25) is 9.79 Å². The summed E-state index contributed by atoms with van der Waals surface area (Å²) < 4.78 is 52.2. The van der Waals surface area contributed by atoms with E-state index in [1.807, 2.05) is 0 Å². The lowest BCUT2D eigenvalue weighted by Crippen LogP contribution is -2.41. The molecule has 164 valence electrons. The number of guanidine groups is 1. The molecule has 1 amide bonds. The van der Waals surface area contributed by atoms with Crippen molar-refractivity contribution in [1.82, 2.24) is 16.0 Å². The van der Waals surface area contributed by atoms with Crippen LogP contribution < -0.4 is 20.7 Å². The van der Waals surface area contributed by atoms with Gasteiger partial charge in [0.25, 0.3) is 0 Å². The van der Waals surface area contributed by atoms with Gasteiger partial charge in [-0.1, -0.05) is 18.2 Å². The van der Waals surface area contributed by atoms with Crippen LogP contribution in [0.2, 0.25) is 0 Å². The second-order valence-electron chi connectivity index (χ2n) is 6.26. The van der Waals surface area contributed by atoms with E-state index in [2.05, 4.69) is 25.7 Å². The average molecular weight is 546 g/mol. The second-order valence-corrected chi connectivity index (χ2v) is 8.48. The van der Waals surface area contributed by atoms with Crippen LogP contribution in [0.25, 0.3) is 0 Å². The van der Waals surface area contributed by atoms with Crippen molar-refractivity contribution in [3.8, 4) is 5.75 Å². The Kier molecular flexibility index (Phi) is 10.6. The molecule has 1 fully saturated rings. The predicted octanol–water partition coefficient (Wildman–Crippen LogP) is 1.26. The molecule has 0 bridgehead atoms. The fourth-order valence-electron chi connectivity index (χ4n) is 2.76. The lowest BCUT2D eigenvalue weighted by Gasteiger charge is -2.15. The summed E-state index contributed by atoms with van der Waals surface area (Å²) in [4.78, 5) is 15.9. The van der Waals surface area contributed by atoms with Crippen LogP contribution in [0.4, 0.5) is 8.78 Å². The van der Waals surface area contributed by atoms with E-state index < -0.39 is 16.4 Å². The summed E-state index contributed by atoms with van der Waals surface area (Å²) in [5, 5.41) is 8.61. The van der Waals surface area contributed by atoms with E-state index in [0.29, 0.717) is 17.9 Å². The Balaban J connectivity index is 0.00000420. The van der Waals surface area contributed by atoms with E-state index in [1.54, 1.807) is 25.2 Å². The molecule has 12 heteroatoms. The van der Waals surface area contributed by atoms with Gasteiger partial charge in [0.15, 0.2) is 15.8 Å². The molecule has 8 nitrogen and oxygen atoms in total. The minimum absolute atomic E-state index is 0. The topological polar surface area (TPSA) is 109 Å². The molecule has 1 atom stereocenters. The summed E-state index contributed by atoms with van der Waals surface area (Å²) in [5.41, 5.74) is 0.533. The van der Waals surface area contributed by atoms with Gasteiger partial charge < -0.3 is 20.7 Å². The van der Waals surface area contributed by atoms with Gasteiger partial charge in [-0.05, 0) is 12.5 Å². The minimum Gasteiger partial charge on any atom is -0.434 e. The molecule has 1 aromatic rings. The number of halogens is 3. The van der Waals surface area contributed by atoms with Crippen LogP contribution in [-0.4, -0.2) is 58.0 Å². The molecule has 29 heavy (non-hydrogen) atoms. The SMILES string of the molecule is CN=C(NCCC(=O)NC1CCS(=O)(=O)C1)NCc1ccccc1OC(F)F.I. The van der Waals surface area contributed by atoms with Gasteiger partial charge in [-0.2, -0.15) is 8.78 Å². The van der Waals surface area contributed by atoms with Gasteiger partial charge in [0.2, 0.25) is 5.91 Å². The highest BCUT2D eigenvalue weighted by Crippen LogP contribution is 2.19. The van der Waals surface area contributed by atoms with Crippen molar-refractivity contribution in [2.24, 2.45) is 4.99 Å². The third kappa shape index (κ3) is 9.10. The number of nitrogens with one attached hydrogen (secondary N) is 3. The number of benzene rings is 1. The Hall–Kier alpha value is -1.70. The fourth-order valence-corrected chi connectivity index (χ4v) is 4.44. The van der Waals surface area contributed by atoms with E-state index in [9.17, 15) is 22.0 Å². The number of carbonyl (C=O) groups excluding carboxylic acids is 1. The number of amides is 1. The number of para-hydroxylation sites is 1. The quantitative estimate of drug-likeness (QED) is 0.258. The molecule has 3 N–H and O–H groups in total. The van der Waals surface area contributed by atoms with Crippen LogP contribution in [0.1, 0.15) is 18.4 Å². The maximum absolute atomic E-state index is 12.4. The Bertz CT molecular complexity index is 808. The molecule has 1 aliphatic heterocycles. The van der Waals surface area contributed by atoms with Crippen molar-refractivity contribution >= 4 is 45.7 Å². The van der Waals surface area contributed by atoms with Crippen molar-refractivity contribution in [3.05, 3.63) is 29.8 Å². The normalized spacial score (nSPS) is 18.1. The molecular formula is C17H25F2IN4O4S. The first kappa shape index (κ1) is 25.3. The summed E-state index contributed by atoms with van der Waals surface area (Å²) in [6.45, 7) is -2.43. The molecule has 1 heterocycles. The molecular weight excluding hydrogens is 521 g/mol. The van der Waals surface area contributed by atoms with Crippen LogP contribution in [0.3, 0.4) is 0 Å². The van der Waals surface area contributed by atoms with E-state index in [-0.39, 0.29) is 72.7 Å². The summed E-state index contributed by atoms with van der Waals surface area (Å²) in [6, 6.07) is 6.08. The van der Waals surface area contributed by atoms with Crippen molar-refractivity contribution in [2.45, 2.75) is 32.0 Å². The molecule has 1 unspecified atom stereocenters. The van der Waals surface area contributed by atoms with Crippen molar-refractivity contribution in [2.75, 3.05) is 25.1 Å². The Morgan fingerprint density at radius 2 is 2.03 bits per heavy atom. The second kappa shape index (κ2) is 12.1. The van der Waals surface area contributed by atoms with E-state index in [1.165, 1.54) is 6.07 Å². The van der Waals surface area contributed by atoms with E-state index >= 15 is 0 Å². The summed E-state index contributed by atoms with van der Waals surface area (Å²) >= 11 is 0. The highest BCUT2D eigenvalue weighted by atomic mass is 127. The van der Waals surface area contributed by atoms with Crippen LogP contribution in [0.5, 0.6) is 5.75 Å². The number of carbonyl (C=O) groups is 1. The molecule has 0 spiro atoms. The maximum atomic E-state index is 12.4. The van der Waals surface area contributed by atoms with Crippen molar-refractivity contribution < 1.29 is 26.7 Å². The molecule has 2 rings (SSSR count). The number of hydrogen-bond acceptors (Lipinski definition) is 5. The van der Waals surface area contributed by atoms with Gasteiger partial charge in [0.05, 0.1) is 11.5 Å². The zero-order valence-corrected chi connectivity index (χ0v) is 19.0. The summed E-state index contributed by atoms with van der Waals surface area (Å²) in [6.07, 6.45) is 0.577. The van der Waals surface area contributed by atoms with Gasteiger partial charge in [0.1, 0.15) is 5.75 Å². The lowest BCUT2D eigenvalue weighted by atomic mass is 10.2. The standard InChI is InChI=1S/C17H24F2N4O4S.HI/c1-20-17(22-10-12-4-2-3-5-14(12)27-16(18)19)21-8-6-15(24)23-13-7-9-28(25,26)11-13;/h2-5,13,16H,6-11H2,1H3,(H,23,24)(H2,20,21,22);1H. The zero-order chi connectivity index (χ0) is 20.6. The smallest absolute Gasteiger partial charge is 0.387 e.